The van der Waals surface area contributed by atoms with Gasteiger partial charge in [0.15, 0.2) is 24.8 Å². The summed E-state index contributed by atoms with van der Waals surface area (Å²) in [6.45, 7) is 3.01. The van der Waals surface area contributed by atoms with Crippen LogP contribution in [0, 0.1) is 0 Å². The average molecular weight is 453 g/mol. The molecule has 0 amide bonds. The second-order valence-corrected chi connectivity index (χ2v) is 7.68. The zero-order valence-corrected chi connectivity index (χ0v) is 19.3. The molecule has 0 atom stereocenters. The van der Waals surface area contributed by atoms with Crippen LogP contribution in [0.5, 0.6) is 0 Å². The summed E-state index contributed by atoms with van der Waals surface area (Å²) in [5.74, 6) is -3.30. The third-order valence-corrected chi connectivity index (χ3v) is 4.51. The molecule has 0 N–H and O–H groups in total. The van der Waals surface area contributed by atoms with E-state index in [2.05, 4.69) is 23.3 Å². The first-order valence-corrected chi connectivity index (χ1v) is 11.4. The summed E-state index contributed by atoms with van der Waals surface area (Å²) in [6.07, 6.45) is 9.16. The smallest absolute Gasteiger partial charge is 0.331 e. The molecule has 0 rings (SSSR count). The molecule has 0 aromatic rings. The number of hydrogen-bond acceptors (Lipinski definition) is 8. The SMILES string of the molecule is CCCCCCC(=O)CC(=O)COC(=O)/C=C\C(=O)OCC(=O)CC(=O)CCCCCC. The van der Waals surface area contributed by atoms with E-state index in [4.69, 9.17) is 0 Å². The van der Waals surface area contributed by atoms with Gasteiger partial charge in [-0.15, -0.1) is 0 Å². The van der Waals surface area contributed by atoms with Crippen LogP contribution in [-0.4, -0.2) is 48.3 Å². The van der Waals surface area contributed by atoms with Gasteiger partial charge in [0.25, 0.3) is 0 Å². The minimum atomic E-state index is -0.945. The molecule has 0 unspecified atom stereocenters. The quantitative estimate of drug-likeness (QED) is 0.119. The van der Waals surface area contributed by atoms with Gasteiger partial charge in [0.05, 0.1) is 12.8 Å². The number of carbonyl (C=O) groups excluding carboxylic acids is 6. The first kappa shape index (κ1) is 29.4. The Hall–Kier alpha value is -2.64. The number of carbonyl (C=O) groups is 6. The first-order chi connectivity index (χ1) is 15.3. The molecular formula is C24H36O8. The highest BCUT2D eigenvalue weighted by molar-refractivity contribution is 6.01. The molecule has 0 saturated heterocycles. The number of hydrogen-bond donors (Lipinski definition) is 0. The number of esters is 2. The molecule has 0 bridgehead atoms. The summed E-state index contributed by atoms with van der Waals surface area (Å²) in [5.41, 5.74) is 0. The summed E-state index contributed by atoms with van der Waals surface area (Å²) in [5, 5.41) is 0. The molecule has 180 valence electrons. The fourth-order valence-electron chi connectivity index (χ4n) is 2.75. The molecule has 0 spiro atoms. The van der Waals surface area contributed by atoms with E-state index in [1.807, 2.05) is 0 Å². The van der Waals surface area contributed by atoms with E-state index in [9.17, 15) is 28.8 Å². The lowest BCUT2D eigenvalue weighted by Crippen LogP contribution is -2.17. The Kier molecular flexibility index (Phi) is 17.5. The lowest BCUT2D eigenvalue weighted by molar-refractivity contribution is -0.145. The fraction of sp³-hybridized carbons (Fsp3) is 0.667. The van der Waals surface area contributed by atoms with Gasteiger partial charge in [0, 0.05) is 25.0 Å². The van der Waals surface area contributed by atoms with Crippen molar-refractivity contribution in [2.45, 2.75) is 90.9 Å². The topological polar surface area (TPSA) is 121 Å². The van der Waals surface area contributed by atoms with Crippen LogP contribution in [0.3, 0.4) is 0 Å². The molecular weight excluding hydrogens is 416 g/mol. The van der Waals surface area contributed by atoms with Crippen LogP contribution in [0.1, 0.15) is 90.9 Å². The van der Waals surface area contributed by atoms with Crippen LogP contribution in [0.4, 0.5) is 0 Å². The highest BCUT2D eigenvalue weighted by Gasteiger charge is 2.13. The molecule has 0 aromatic carbocycles. The van der Waals surface area contributed by atoms with E-state index in [-0.39, 0.29) is 24.4 Å². The average Bonchev–Trinajstić information content (AvgIpc) is 2.75. The highest BCUT2D eigenvalue weighted by atomic mass is 16.5. The minimum Gasteiger partial charge on any atom is -0.455 e. The third-order valence-electron chi connectivity index (χ3n) is 4.51. The Balaban J connectivity index is 4.00. The summed E-state index contributed by atoms with van der Waals surface area (Å²) >= 11 is 0. The van der Waals surface area contributed by atoms with Crippen LogP contribution in [0.15, 0.2) is 12.2 Å². The van der Waals surface area contributed by atoms with Gasteiger partial charge in [-0.2, -0.15) is 0 Å². The molecule has 0 fully saturated rings. The molecule has 0 aliphatic rings. The molecule has 32 heavy (non-hydrogen) atoms. The van der Waals surface area contributed by atoms with Crippen molar-refractivity contribution in [3.63, 3.8) is 0 Å². The number of ether oxygens (including phenoxy) is 2. The standard InChI is InChI=1S/C24H36O8/c1-3-5-7-9-11-19(25)15-21(27)17-31-23(29)13-14-24(30)32-18-22(28)16-20(26)12-10-8-6-4-2/h13-14H,3-12,15-18H2,1-2H3/b14-13-. The van der Waals surface area contributed by atoms with Crippen molar-refractivity contribution in [3.05, 3.63) is 12.2 Å². The third kappa shape index (κ3) is 18.2. The summed E-state index contributed by atoms with van der Waals surface area (Å²) < 4.78 is 9.37. The molecule has 8 nitrogen and oxygen atoms in total. The minimum absolute atomic E-state index is 0.189. The van der Waals surface area contributed by atoms with Crippen LogP contribution in [0.2, 0.25) is 0 Å². The Morgan fingerprint density at radius 3 is 1.25 bits per heavy atom. The monoisotopic (exact) mass is 452 g/mol. The molecule has 0 aliphatic carbocycles. The van der Waals surface area contributed by atoms with Crippen molar-refractivity contribution in [1.29, 1.82) is 0 Å². The van der Waals surface area contributed by atoms with Gasteiger partial charge >= 0.3 is 11.9 Å². The van der Waals surface area contributed by atoms with E-state index in [1.54, 1.807) is 0 Å². The summed E-state index contributed by atoms with van der Waals surface area (Å²) in [6, 6.07) is 0. The van der Waals surface area contributed by atoms with E-state index < -0.39 is 36.7 Å². The van der Waals surface area contributed by atoms with Crippen LogP contribution in [0.25, 0.3) is 0 Å². The van der Waals surface area contributed by atoms with Gasteiger partial charge in [-0.3, -0.25) is 19.2 Å². The fourth-order valence-corrected chi connectivity index (χ4v) is 2.75. The molecule has 0 saturated carbocycles. The highest BCUT2D eigenvalue weighted by Crippen LogP contribution is 2.06. The normalized spacial score (nSPS) is 10.7. The van der Waals surface area contributed by atoms with Gasteiger partial charge in [-0.05, 0) is 12.8 Å². The first-order valence-electron chi connectivity index (χ1n) is 11.4. The van der Waals surface area contributed by atoms with Gasteiger partial charge < -0.3 is 9.47 Å². The predicted molar refractivity (Wildman–Crippen MR) is 118 cm³/mol. The van der Waals surface area contributed by atoms with Gasteiger partial charge in [0.1, 0.15) is 11.6 Å². The Bertz CT molecular complexity index is 607. The van der Waals surface area contributed by atoms with Crippen molar-refractivity contribution >= 4 is 35.1 Å². The Morgan fingerprint density at radius 1 is 0.531 bits per heavy atom. The maximum Gasteiger partial charge on any atom is 0.331 e. The Morgan fingerprint density at radius 2 is 0.906 bits per heavy atom. The zero-order valence-electron chi connectivity index (χ0n) is 19.3. The van der Waals surface area contributed by atoms with Crippen molar-refractivity contribution in [2.75, 3.05) is 13.2 Å². The van der Waals surface area contributed by atoms with Crippen LogP contribution < -0.4 is 0 Å². The van der Waals surface area contributed by atoms with Crippen LogP contribution in [-0.2, 0) is 38.2 Å². The molecule has 8 heteroatoms. The summed E-state index contributed by atoms with van der Waals surface area (Å²) in [7, 11) is 0. The van der Waals surface area contributed by atoms with Crippen LogP contribution >= 0.6 is 0 Å². The summed E-state index contributed by atoms with van der Waals surface area (Å²) in [4.78, 5) is 69.8. The largest absolute Gasteiger partial charge is 0.455 e. The second-order valence-electron chi connectivity index (χ2n) is 7.68. The van der Waals surface area contributed by atoms with Gasteiger partial charge in [0.2, 0.25) is 0 Å². The molecule has 0 radical (unpaired) electrons. The maximum atomic E-state index is 11.7. The van der Waals surface area contributed by atoms with E-state index in [0.29, 0.717) is 12.8 Å². The van der Waals surface area contributed by atoms with E-state index in [0.717, 1.165) is 63.5 Å². The second kappa shape index (κ2) is 19.1. The zero-order chi connectivity index (χ0) is 24.2. The van der Waals surface area contributed by atoms with Gasteiger partial charge in [-0.25, -0.2) is 9.59 Å². The predicted octanol–water partition coefficient (Wildman–Crippen LogP) is 3.63. The van der Waals surface area contributed by atoms with E-state index >= 15 is 0 Å². The van der Waals surface area contributed by atoms with Crippen molar-refractivity contribution in [1.82, 2.24) is 0 Å². The molecule has 0 aromatic heterocycles. The molecule has 0 heterocycles. The van der Waals surface area contributed by atoms with Crippen molar-refractivity contribution in [2.24, 2.45) is 0 Å². The number of ketones is 4. The lowest BCUT2D eigenvalue weighted by Gasteiger charge is -2.03. The Labute approximate surface area is 190 Å². The number of Topliss-reactive ketones (excluding diaryl/α,β-unsaturated/α-hetero) is 4. The van der Waals surface area contributed by atoms with Crippen molar-refractivity contribution < 1.29 is 38.2 Å². The molecule has 0 aliphatic heterocycles. The van der Waals surface area contributed by atoms with Crippen molar-refractivity contribution in [3.8, 4) is 0 Å². The number of rotatable bonds is 20. The van der Waals surface area contributed by atoms with E-state index in [1.165, 1.54) is 0 Å². The lowest BCUT2D eigenvalue weighted by atomic mass is 10.1. The van der Waals surface area contributed by atoms with Gasteiger partial charge in [-0.1, -0.05) is 52.4 Å². The number of unbranched alkanes of at least 4 members (excludes halogenated alkanes) is 6. The maximum absolute atomic E-state index is 11.7.